The van der Waals surface area contributed by atoms with Crippen LogP contribution in [-0.2, 0) is 4.74 Å². The first kappa shape index (κ1) is 20.1. The van der Waals surface area contributed by atoms with Crippen LogP contribution in [0.1, 0.15) is 17.3 Å². The Bertz CT molecular complexity index is 1260. The van der Waals surface area contributed by atoms with Crippen LogP contribution in [0, 0.1) is 0 Å². The molecule has 0 amide bonds. The number of fused-ring (bicyclic) bond motifs is 3. The highest BCUT2D eigenvalue weighted by Crippen LogP contribution is 2.39. The van der Waals surface area contributed by atoms with Gasteiger partial charge in [0, 0.05) is 29.4 Å². The van der Waals surface area contributed by atoms with Crippen LogP contribution >= 0.6 is 23.2 Å². The first-order valence-corrected chi connectivity index (χ1v) is 9.78. The van der Waals surface area contributed by atoms with Crippen molar-refractivity contribution in [1.29, 1.82) is 0 Å². The molecular formula is C21H16Cl2N4O3. The molecule has 4 rings (SSSR count). The third-order valence-electron chi connectivity index (χ3n) is 4.46. The quantitative estimate of drug-likeness (QED) is 0.326. The van der Waals surface area contributed by atoms with E-state index in [9.17, 15) is 4.79 Å². The molecule has 9 heteroatoms. The number of pyridine rings is 3. The van der Waals surface area contributed by atoms with Crippen molar-refractivity contribution >= 4 is 62.4 Å². The van der Waals surface area contributed by atoms with Crippen molar-refractivity contribution in [3.05, 3.63) is 58.5 Å². The summed E-state index contributed by atoms with van der Waals surface area (Å²) in [6, 6.07) is 6.60. The minimum absolute atomic E-state index is 0.253. The molecular weight excluding hydrogens is 427 g/mol. The summed E-state index contributed by atoms with van der Waals surface area (Å²) in [6.45, 7) is 2.36. The molecule has 0 aliphatic rings. The number of anilines is 2. The van der Waals surface area contributed by atoms with Crippen molar-refractivity contribution in [2.75, 3.05) is 19.0 Å². The molecule has 3 heterocycles. The monoisotopic (exact) mass is 442 g/mol. The second-order valence-electron chi connectivity index (χ2n) is 6.26. The molecule has 0 bridgehead atoms. The summed E-state index contributed by atoms with van der Waals surface area (Å²) in [5.41, 5.74) is 1.37. The lowest BCUT2D eigenvalue weighted by Gasteiger charge is -2.15. The number of ether oxygens (including phenoxy) is 2. The van der Waals surface area contributed by atoms with Crippen LogP contribution in [0.2, 0.25) is 10.0 Å². The zero-order valence-corrected chi connectivity index (χ0v) is 17.6. The van der Waals surface area contributed by atoms with Gasteiger partial charge in [0.1, 0.15) is 5.82 Å². The summed E-state index contributed by atoms with van der Waals surface area (Å²) < 4.78 is 10.5. The van der Waals surface area contributed by atoms with Crippen LogP contribution in [0.3, 0.4) is 0 Å². The molecule has 7 nitrogen and oxygen atoms in total. The lowest BCUT2D eigenvalue weighted by Crippen LogP contribution is -2.04. The molecule has 0 fully saturated rings. The van der Waals surface area contributed by atoms with Gasteiger partial charge in [-0.3, -0.25) is 4.98 Å². The molecule has 3 aromatic heterocycles. The van der Waals surface area contributed by atoms with E-state index in [4.69, 9.17) is 37.7 Å². The maximum Gasteiger partial charge on any atom is 0.337 e. The number of carbonyl (C=O) groups excluding carboxylic acids is 1. The summed E-state index contributed by atoms with van der Waals surface area (Å²) in [5, 5.41) is 6.06. The maximum atomic E-state index is 11.8. The van der Waals surface area contributed by atoms with Gasteiger partial charge in [-0.05, 0) is 31.2 Å². The SMILES string of the molecule is CCOc1nccc2c(Nc3c(Cl)cc(C(=O)OC)cc3Cl)nc3ccncc3c12. The molecule has 1 N–H and O–H groups in total. The van der Waals surface area contributed by atoms with Gasteiger partial charge in [0.05, 0.1) is 45.9 Å². The van der Waals surface area contributed by atoms with Gasteiger partial charge in [0.2, 0.25) is 5.88 Å². The number of nitrogens with zero attached hydrogens (tertiary/aromatic N) is 3. The summed E-state index contributed by atoms with van der Waals surface area (Å²) in [5.74, 6) is 0.470. The largest absolute Gasteiger partial charge is 0.478 e. The smallest absolute Gasteiger partial charge is 0.337 e. The van der Waals surface area contributed by atoms with E-state index in [0.717, 1.165) is 16.2 Å². The molecule has 0 radical (unpaired) electrons. The van der Waals surface area contributed by atoms with Crippen molar-refractivity contribution in [3.8, 4) is 5.88 Å². The Labute approximate surface area is 182 Å². The minimum atomic E-state index is -0.528. The first-order chi connectivity index (χ1) is 14.5. The number of esters is 1. The normalized spacial score (nSPS) is 10.9. The summed E-state index contributed by atoms with van der Waals surface area (Å²) in [4.78, 5) is 25.1. The Balaban J connectivity index is 1.91. The number of hydrogen-bond donors (Lipinski definition) is 1. The Morgan fingerprint density at radius 2 is 1.90 bits per heavy atom. The van der Waals surface area contributed by atoms with Gasteiger partial charge in [-0.2, -0.15) is 0 Å². The van der Waals surface area contributed by atoms with Crippen molar-refractivity contribution in [1.82, 2.24) is 15.0 Å². The van der Waals surface area contributed by atoms with Crippen LogP contribution < -0.4 is 10.1 Å². The number of carbonyl (C=O) groups is 1. The molecule has 0 saturated heterocycles. The second-order valence-corrected chi connectivity index (χ2v) is 7.07. The van der Waals surface area contributed by atoms with Gasteiger partial charge < -0.3 is 14.8 Å². The van der Waals surface area contributed by atoms with Crippen LogP contribution in [0.15, 0.2) is 42.9 Å². The highest BCUT2D eigenvalue weighted by Gasteiger charge is 2.18. The van der Waals surface area contributed by atoms with Crippen LogP contribution in [-0.4, -0.2) is 34.6 Å². The molecule has 4 aromatic rings. The van der Waals surface area contributed by atoms with E-state index < -0.39 is 5.97 Å². The average molecular weight is 443 g/mol. The molecule has 1 aromatic carbocycles. The lowest BCUT2D eigenvalue weighted by atomic mass is 10.1. The van der Waals surface area contributed by atoms with Gasteiger partial charge in [-0.25, -0.2) is 14.8 Å². The van der Waals surface area contributed by atoms with Gasteiger partial charge >= 0.3 is 5.97 Å². The fourth-order valence-corrected chi connectivity index (χ4v) is 3.73. The number of halogens is 2. The Kier molecular flexibility index (Phi) is 5.57. The highest BCUT2D eigenvalue weighted by molar-refractivity contribution is 6.40. The van der Waals surface area contributed by atoms with Crippen molar-refractivity contribution in [3.63, 3.8) is 0 Å². The van der Waals surface area contributed by atoms with Gasteiger partial charge in [0.15, 0.2) is 0 Å². The van der Waals surface area contributed by atoms with E-state index in [1.807, 2.05) is 13.0 Å². The molecule has 0 saturated carbocycles. The van der Waals surface area contributed by atoms with E-state index in [2.05, 4.69) is 15.3 Å². The Hall–Kier alpha value is -3.16. The second kappa shape index (κ2) is 8.30. The van der Waals surface area contributed by atoms with E-state index in [-0.39, 0.29) is 15.6 Å². The third kappa shape index (κ3) is 3.58. The maximum absolute atomic E-state index is 11.8. The summed E-state index contributed by atoms with van der Waals surface area (Å²) in [7, 11) is 1.29. The standard InChI is InChI=1S/C21H16Cl2N4O3/c1-3-30-20-17-12(4-7-25-20)19(26-16-5-6-24-10-13(16)17)27-18-14(22)8-11(9-15(18)23)21(28)29-2/h4-10H,3H2,1-2H3,(H,26,27). The molecule has 30 heavy (non-hydrogen) atoms. The van der Waals surface area contributed by atoms with Crippen LogP contribution in [0.25, 0.3) is 21.7 Å². The fraction of sp³-hybridized carbons (Fsp3) is 0.143. The van der Waals surface area contributed by atoms with Crippen molar-refractivity contribution < 1.29 is 14.3 Å². The summed E-state index contributed by atoms with van der Waals surface area (Å²) >= 11 is 12.8. The molecule has 0 aliphatic carbocycles. The van der Waals surface area contributed by atoms with Crippen molar-refractivity contribution in [2.45, 2.75) is 6.92 Å². The number of hydrogen-bond acceptors (Lipinski definition) is 7. The highest BCUT2D eigenvalue weighted by atomic mass is 35.5. The average Bonchev–Trinajstić information content (AvgIpc) is 2.75. The molecule has 0 atom stereocenters. The predicted molar refractivity (Wildman–Crippen MR) is 117 cm³/mol. The van der Waals surface area contributed by atoms with E-state index in [1.165, 1.54) is 19.2 Å². The number of rotatable bonds is 5. The lowest BCUT2D eigenvalue weighted by molar-refractivity contribution is 0.0601. The molecule has 0 unspecified atom stereocenters. The molecule has 0 aliphatic heterocycles. The van der Waals surface area contributed by atoms with E-state index >= 15 is 0 Å². The third-order valence-corrected chi connectivity index (χ3v) is 5.05. The summed E-state index contributed by atoms with van der Waals surface area (Å²) in [6.07, 6.45) is 5.03. The Morgan fingerprint density at radius 1 is 1.13 bits per heavy atom. The first-order valence-electron chi connectivity index (χ1n) is 9.03. The van der Waals surface area contributed by atoms with E-state index in [1.54, 1.807) is 24.7 Å². The van der Waals surface area contributed by atoms with Gasteiger partial charge in [0.25, 0.3) is 0 Å². The van der Waals surface area contributed by atoms with Crippen LogP contribution in [0.5, 0.6) is 5.88 Å². The molecule has 152 valence electrons. The predicted octanol–water partition coefficient (Wildman–Crippen LogP) is 5.41. The number of aromatic nitrogens is 3. The minimum Gasteiger partial charge on any atom is -0.478 e. The Morgan fingerprint density at radius 3 is 2.60 bits per heavy atom. The molecule has 0 spiro atoms. The van der Waals surface area contributed by atoms with Gasteiger partial charge in [-0.1, -0.05) is 23.2 Å². The zero-order chi connectivity index (χ0) is 21.3. The van der Waals surface area contributed by atoms with Crippen LogP contribution in [0.4, 0.5) is 11.5 Å². The number of nitrogens with one attached hydrogen (secondary N) is 1. The topological polar surface area (TPSA) is 86.2 Å². The number of methoxy groups -OCH3 is 1. The zero-order valence-electron chi connectivity index (χ0n) is 16.1. The van der Waals surface area contributed by atoms with Gasteiger partial charge in [-0.15, -0.1) is 0 Å². The number of benzene rings is 1. The fourth-order valence-electron chi connectivity index (χ4n) is 3.15. The van der Waals surface area contributed by atoms with Crippen molar-refractivity contribution in [2.24, 2.45) is 0 Å². The van der Waals surface area contributed by atoms with E-state index in [0.29, 0.717) is 29.5 Å².